The van der Waals surface area contributed by atoms with Crippen molar-refractivity contribution in [1.82, 2.24) is 4.90 Å². The fourth-order valence-corrected chi connectivity index (χ4v) is 5.22. The number of carbonyl (C=O) groups excluding carboxylic acids is 1. The fraction of sp³-hybridized carbons (Fsp3) is 0.276. The molecule has 0 aromatic heterocycles. The van der Waals surface area contributed by atoms with Gasteiger partial charge in [0, 0.05) is 49.9 Å². The van der Waals surface area contributed by atoms with Gasteiger partial charge >= 0.3 is 6.09 Å². The average Bonchev–Trinajstić information content (AvgIpc) is 3.18. The molecule has 5 rings (SSSR count). The molecule has 2 N–H and O–H groups in total. The van der Waals surface area contributed by atoms with Gasteiger partial charge in [-0.2, -0.15) is 0 Å². The highest BCUT2D eigenvalue weighted by molar-refractivity contribution is 5.79. The van der Waals surface area contributed by atoms with Crippen LogP contribution in [0.5, 0.6) is 0 Å². The first-order chi connectivity index (χ1) is 16.6. The number of hydrogen-bond acceptors (Lipinski definition) is 4. The van der Waals surface area contributed by atoms with Crippen molar-refractivity contribution >= 4 is 17.5 Å². The van der Waals surface area contributed by atoms with E-state index in [2.05, 4.69) is 54.1 Å². The number of ether oxygens (including phenoxy) is 1. The van der Waals surface area contributed by atoms with Gasteiger partial charge in [0.25, 0.3) is 0 Å². The van der Waals surface area contributed by atoms with Crippen LogP contribution in [0.2, 0.25) is 0 Å². The van der Waals surface area contributed by atoms with Gasteiger partial charge < -0.3 is 20.3 Å². The zero-order valence-electron chi connectivity index (χ0n) is 19.5. The first kappa shape index (κ1) is 21.9. The number of benzene rings is 3. The maximum atomic E-state index is 12.9. The average molecular weight is 452 g/mol. The van der Waals surface area contributed by atoms with Gasteiger partial charge in [-0.3, -0.25) is 0 Å². The molecule has 0 radical (unpaired) electrons. The summed E-state index contributed by atoms with van der Waals surface area (Å²) in [5.74, 6) is 2.78. The van der Waals surface area contributed by atoms with Gasteiger partial charge in [0.05, 0.1) is 0 Å². The van der Waals surface area contributed by atoms with Gasteiger partial charge in [0.15, 0.2) is 0 Å². The predicted molar refractivity (Wildman–Crippen MR) is 137 cm³/mol. The third-order valence-electron chi connectivity index (χ3n) is 7.02. The summed E-state index contributed by atoms with van der Waals surface area (Å²) in [5.41, 5.74) is 15.1. The largest absolute Gasteiger partial charge is 0.448 e. The van der Waals surface area contributed by atoms with Crippen LogP contribution in [-0.4, -0.2) is 43.8 Å². The van der Waals surface area contributed by atoms with Crippen molar-refractivity contribution in [3.8, 4) is 23.5 Å². The summed E-state index contributed by atoms with van der Waals surface area (Å²) in [7, 11) is 0. The zero-order valence-corrected chi connectivity index (χ0v) is 19.5. The van der Waals surface area contributed by atoms with E-state index in [1.807, 2.05) is 24.3 Å². The number of piperazine rings is 1. The Kier molecular flexibility index (Phi) is 5.90. The molecule has 1 heterocycles. The van der Waals surface area contributed by atoms with E-state index in [0.717, 1.165) is 29.9 Å². The molecule has 1 saturated heterocycles. The van der Waals surface area contributed by atoms with E-state index >= 15 is 0 Å². The molecule has 5 heteroatoms. The number of anilines is 2. The summed E-state index contributed by atoms with van der Waals surface area (Å²) in [5, 5.41) is 0. The summed E-state index contributed by atoms with van der Waals surface area (Å²) in [6.07, 6.45) is 5.83. The number of nitrogens with two attached hydrogens (primary N) is 1. The number of nitrogens with zero attached hydrogens (tertiary/aromatic N) is 2. The lowest BCUT2D eigenvalue weighted by Gasteiger charge is -2.36. The first-order valence-corrected chi connectivity index (χ1v) is 11.7. The van der Waals surface area contributed by atoms with Gasteiger partial charge in [-0.25, -0.2) is 4.79 Å². The molecular weight excluding hydrogens is 422 g/mol. The third-order valence-corrected chi connectivity index (χ3v) is 7.02. The Hall–Kier alpha value is -3.91. The Morgan fingerprint density at radius 3 is 2.26 bits per heavy atom. The minimum absolute atomic E-state index is 0.0714. The molecule has 1 aliphatic carbocycles. The van der Waals surface area contributed by atoms with Gasteiger partial charge in [0.1, 0.15) is 6.61 Å². The number of rotatable bonds is 4. The van der Waals surface area contributed by atoms with Crippen molar-refractivity contribution in [2.45, 2.75) is 19.3 Å². The molecule has 34 heavy (non-hydrogen) atoms. The molecule has 0 saturated carbocycles. The number of hydrogen-bond donors (Lipinski definition) is 1. The van der Waals surface area contributed by atoms with E-state index in [1.165, 1.54) is 22.3 Å². The highest BCUT2D eigenvalue weighted by Gasteiger charge is 2.30. The van der Waals surface area contributed by atoms with Crippen molar-refractivity contribution in [3.63, 3.8) is 0 Å². The summed E-state index contributed by atoms with van der Waals surface area (Å²) in [6, 6.07) is 20.7. The molecule has 2 aliphatic rings. The van der Waals surface area contributed by atoms with E-state index in [9.17, 15) is 4.79 Å². The Labute approximate surface area is 201 Å². The van der Waals surface area contributed by atoms with Gasteiger partial charge in [0.2, 0.25) is 0 Å². The molecular formula is C29H29N3O2. The van der Waals surface area contributed by atoms with Crippen LogP contribution in [0.3, 0.4) is 0 Å². The number of amides is 1. The van der Waals surface area contributed by atoms with Crippen LogP contribution < -0.4 is 10.6 Å². The Bertz CT molecular complexity index is 1220. The number of terminal acetylenes is 1. The third kappa shape index (κ3) is 3.97. The molecule has 3 aromatic rings. The standard InChI is InChI=1S/C29H29N3O2/c1-3-8-21-17-22(30)18-28(20(21)2)31-13-15-32(16-14-31)29(33)34-19-27-25-11-6-4-9-23(25)24-10-5-7-12-26(24)27/h1,4-7,9-12,17-18,27H,8,13-16,19,30H2,2H3. The molecule has 0 unspecified atom stereocenters. The SMILES string of the molecule is C#CCc1cc(N)cc(N2CCN(C(=O)OCC3c4ccccc4-c4ccccc43)CC2)c1C. The lowest BCUT2D eigenvalue weighted by molar-refractivity contribution is 0.0977. The minimum Gasteiger partial charge on any atom is -0.448 e. The van der Waals surface area contributed by atoms with Crippen LogP contribution in [0.15, 0.2) is 60.7 Å². The van der Waals surface area contributed by atoms with Crippen molar-refractivity contribution in [2.24, 2.45) is 0 Å². The second-order valence-electron chi connectivity index (χ2n) is 8.98. The maximum Gasteiger partial charge on any atom is 0.409 e. The summed E-state index contributed by atoms with van der Waals surface area (Å²) >= 11 is 0. The minimum atomic E-state index is -0.251. The molecule has 5 nitrogen and oxygen atoms in total. The van der Waals surface area contributed by atoms with Crippen LogP contribution in [0.1, 0.15) is 28.2 Å². The fourth-order valence-electron chi connectivity index (χ4n) is 5.22. The Balaban J connectivity index is 1.23. The van der Waals surface area contributed by atoms with E-state index in [1.54, 1.807) is 4.90 Å². The van der Waals surface area contributed by atoms with E-state index in [-0.39, 0.29) is 12.0 Å². The summed E-state index contributed by atoms with van der Waals surface area (Å²) < 4.78 is 5.84. The summed E-state index contributed by atoms with van der Waals surface area (Å²) in [4.78, 5) is 17.0. The molecule has 0 atom stereocenters. The molecule has 172 valence electrons. The second kappa shape index (κ2) is 9.15. The second-order valence-corrected chi connectivity index (χ2v) is 8.98. The van der Waals surface area contributed by atoms with Crippen LogP contribution in [-0.2, 0) is 11.2 Å². The van der Waals surface area contributed by atoms with E-state index < -0.39 is 0 Å². The number of carbonyl (C=O) groups is 1. The highest BCUT2D eigenvalue weighted by Crippen LogP contribution is 2.44. The van der Waals surface area contributed by atoms with Gasteiger partial charge in [-0.05, 0) is 52.4 Å². The van der Waals surface area contributed by atoms with Crippen molar-refractivity contribution < 1.29 is 9.53 Å². The first-order valence-electron chi connectivity index (χ1n) is 11.7. The Morgan fingerprint density at radius 2 is 1.65 bits per heavy atom. The zero-order chi connectivity index (χ0) is 23.7. The number of fused-ring (bicyclic) bond motifs is 3. The predicted octanol–water partition coefficient (Wildman–Crippen LogP) is 4.82. The van der Waals surface area contributed by atoms with Gasteiger partial charge in [-0.1, -0.05) is 48.5 Å². The smallest absolute Gasteiger partial charge is 0.409 e. The van der Waals surface area contributed by atoms with Crippen LogP contribution >= 0.6 is 0 Å². The molecule has 0 bridgehead atoms. The van der Waals surface area contributed by atoms with Crippen molar-refractivity contribution in [3.05, 3.63) is 82.9 Å². The van der Waals surface area contributed by atoms with E-state index in [0.29, 0.717) is 31.8 Å². The Morgan fingerprint density at radius 1 is 1.03 bits per heavy atom. The number of nitrogen functional groups attached to an aromatic ring is 1. The van der Waals surface area contributed by atoms with Crippen molar-refractivity contribution in [2.75, 3.05) is 43.4 Å². The molecule has 1 amide bonds. The lowest BCUT2D eigenvalue weighted by Crippen LogP contribution is -2.49. The van der Waals surface area contributed by atoms with Crippen molar-refractivity contribution in [1.29, 1.82) is 0 Å². The van der Waals surface area contributed by atoms with Crippen LogP contribution in [0.25, 0.3) is 11.1 Å². The topological polar surface area (TPSA) is 58.8 Å². The molecule has 1 aliphatic heterocycles. The van der Waals surface area contributed by atoms with Gasteiger partial charge in [-0.15, -0.1) is 12.3 Å². The maximum absolute atomic E-state index is 12.9. The lowest BCUT2D eigenvalue weighted by atomic mass is 9.98. The molecule has 0 spiro atoms. The quantitative estimate of drug-likeness (QED) is 0.456. The normalized spacial score (nSPS) is 14.9. The molecule has 3 aromatic carbocycles. The molecule has 1 fully saturated rings. The monoisotopic (exact) mass is 451 g/mol. The van der Waals surface area contributed by atoms with Crippen LogP contribution in [0.4, 0.5) is 16.2 Å². The van der Waals surface area contributed by atoms with Crippen LogP contribution in [0, 0.1) is 19.3 Å². The van der Waals surface area contributed by atoms with E-state index in [4.69, 9.17) is 16.9 Å². The highest BCUT2D eigenvalue weighted by atomic mass is 16.6. The summed E-state index contributed by atoms with van der Waals surface area (Å²) in [6.45, 7) is 5.09.